The maximum Gasteiger partial charge on any atom is 0.321 e. The molecule has 0 spiro atoms. The van der Waals surface area contributed by atoms with Crippen LogP contribution in [0.4, 0.5) is 0 Å². The molecule has 1 heterocycles. The van der Waals surface area contributed by atoms with Crippen molar-refractivity contribution in [1.82, 2.24) is 4.90 Å². The zero-order chi connectivity index (χ0) is 16.7. The third-order valence-corrected chi connectivity index (χ3v) is 3.64. The standard InChI is InChI=1S/C11H14ClN.C4H7NO4/c1-13-6-4-9-2-3-11(12)8-10(9)5-7-13;5-2(4(8)9)1-3(6)7/h2-3,8H,4-7H2,1H3;2H,1,5H2,(H,6,7)(H,8,9)/t;2-/m.0/s1. The van der Waals surface area contributed by atoms with Gasteiger partial charge < -0.3 is 20.8 Å². The second-order valence-electron chi connectivity index (χ2n) is 5.26. The topological polar surface area (TPSA) is 104 Å². The van der Waals surface area contributed by atoms with Crippen LogP contribution in [0.1, 0.15) is 17.5 Å². The molecule has 0 radical (unpaired) electrons. The van der Waals surface area contributed by atoms with Gasteiger partial charge in [0.25, 0.3) is 0 Å². The molecule has 0 amide bonds. The highest BCUT2D eigenvalue weighted by molar-refractivity contribution is 6.30. The molecular formula is C15H21ClN2O4. The fourth-order valence-corrected chi connectivity index (χ4v) is 2.28. The van der Waals surface area contributed by atoms with Crippen LogP contribution >= 0.6 is 11.6 Å². The summed E-state index contributed by atoms with van der Waals surface area (Å²) in [5.74, 6) is -2.50. The summed E-state index contributed by atoms with van der Waals surface area (Å²) in [6.07, 6.45) is 1.75. The van der Waals surface area contributed by atoms with E-state index in [0.717, 1.165) is 31.0 Å². The zero-order valence-corrected chi connectivity index (χ0v) is 13.2. The Bertz CT molecular complexity index is 536. The molecule has 0 aliphatic carbocycles. The molecule has 1 atom stereocenters. The van der Waals surface area contributed by atoms with Crippen LogP contribution in [-0.4, -0.2) is 53.2 Å². The first-order valence-electron chi connectivity index (χ1n) is 6.95. The van der Waals surface area contributed by atoms with Crippen molar-refractivity contribution < 1.29 is 19.8 Å². The van der Waals surface area contributed by atoms with E-state index in [1.165, 1.54) is 11.1 Å². The molecule has 2 rings (SSSR count). The average Bonchev–Trinajstić information content (AvgIpc) is 2.61. The van der Waals surface area contributed by atoms with Gasteiger partial charge in [-0.05, 0) is 43.1 Å². The van der Waals surface area contributed by atoms with Crippen molar-refractivity contribution in [3.05, 3.63) is 34.3 Å². The molecule has 0 unspecified atom stereocenters. The third kappa shape index (κ3) is 6.43. The van der Waals surface area contributed by atoms with Crippen molar-refractivity contribution in [1.29, 1.82) is 0 Å². The normalized spacial score (nSPS) is 15.8. The van der Waals surface area contributed by atoms with Gasteiger partial charge in [0.05, 0.1) is 6.42 Å². The van der Waals surface area contributed by atoms with Gasteiger partial charge in [-0.1, -0.05) is 17.7 Å². The van der Waals surface area contributed by atoms with Gasteiger partial charge in [-0.3, -0.25) is 9.59 Å². The highest BCUT2D eigenvalue weighted by Crippen LogP contribution is 2.19. The molecule has 1 aliphatic heterocycles. The van der Waals surface area contributed by atoms with E-state index in [2.05, 4.69) is 24.1 Å². The summed E-state index contributed by atoms with van der Waals surface area (Å²) in [5.41, 5.74) is 7.73. The number of nitrogens with two attached hydrogens (primary N) is 1. The summed E-state index contributed by atoms with van der Waals surface area (Å²) in [4.78, 5) is 22.0. The van der Waals surface area contributed by atoms with Crippen LogP contribution in [-0.2, 0) is 22.4 Å². The summed E-state index contributed by atoms with van der Waals surface area (Å²) in [5, 5.41) is 16.9. The smallest absolute Gasteiger partial charge is 0.321 e. The number of carbonyl (C=O) groups is 2. The number of rotatable bonds is 3. The van der Waals surface area contributed by atoms with Crippen LogP contribution in [0.2, 0.25) is 5.02 Å². The lowest BCUT2D eigenvalue weighted by molar-refractivity contribution is -0.144. The fraction of sp³-hybridized carbons (Fsp3) is 0.467. The van der Waals surface area contributed by atoms with Crippen molar-refractivity contribution >= 4 is 23.5 Å². The molecule has 122 valence electrons. The summed E-state index contributed by atoms with van der Waals surface area (Å²) in [6, 6.07) is 4.97. The van der Waals surface area contributed by atoms with Crippen LogP contribution in [0.5, 0.6) is 0 Å². The quantitative estimate of drug-likeness (QED) is 0.771. The lowest BCUT2D eigenvalue weighted by atomic mass is 10.0. The van der Waals surface area contributed by atoms with Crippen molar-refractivity contribution in [3.8, 4) is 0 Å². The molecule has 0 saturated carbocycles. The number of carboxylic acid groups (broad SMARTS) is 2. The average molecular weight is 329 g/mol. The largest absolute Gasteiger partial charge is 0.481 e. The van der Waals surface area contributed by atoms with Gasteiger partial charge in [0.2, 0.25) is 0 Å². The Hall–Kier alpha value is -1.63. The molecule has 0 bridgehead atoms. The van der Waals surface area contributed by atoms with Crippen LogP contribution in [0.15, 0.2) is 18.2 Å². The molecule has 0 fully saturated rings. The van der Waals surface area contributed by atoms with Crippen LogP contribution < -0.4 is 5.73 Å². The minimum absolute atomic E-state index is 0.532. The molecule has 7 heteroatoms. The Labute approximate surface area is 134 Å². The van der Waals surface area contributed by atoms with Gasteiger partial charge in [-0.25, -0.2) is 0 Å². The van der Waals surface area contributed by atoms with E-state index in [-0.39, 0.29) is 0 Å². The second kappa shape index (κ2) is 8.73. The van der Waals surface area contributed by atoms with Gasteiger partial charge in [-0.2, -0.15) is 0 Å². The summed E-state index contributed by atoms with van der Waals surface area (Å²) < 4.78 is 0. The summed E-state index contributed by atoms with van der Waals surface area (Å²) in [6.45, 7) is 2.31. The van der Waals surface area contributed by atoms with Gasteiger partial charge in [-0.15, -0.1) is 0 Å². The Kier molecular flexibility index (Phi) is 7.31. The van der Waals surface area contributed by atoms with E-state index in [4.69, 9.17) is 27.5 Å². The summed E-state index contributed by atoms with van der Waals surface area (Å²) >= 11 is 5.95. The van der Waals surface area contributed by atoms with E-state index < -0.39 is 24.4 Å². The lowest BCUT2D eigenvalue weighted by Crippen LogP contribution is -2.32. The van der Waals surface area contributed by atoms with Gasteiger partial charge in [0.1, 0.15) is 6.04 Å². The third-order valence-electron chi connectivity index (χ3n) is 3.41. The van der Waals surface area contributed by atoms with Gasteiger partial charge in [0, 0.05) is 18.1 Å². The fourth-order valence-electron chi connectivity index (χ4n) is 2.08. The monoisotopic (exact) mass is 328 g/mol. The van der Waals surface area contributed by atoms with E-state index in [1.54, 1.807) is 0 Å². The number of benzene rings is 1. The molecule has 1 aromatic carbocycles. The Morgan fingerprint density at radius 3 is 2.36 bits per heavy atom. The van der Waals surface area contributed by atoms with Crippen LogP contribution in [0, 0.1) is 0 Å². The van der Waals surface area contributed by atoms with Crippen LogP contribution in [0.25, 0.3) is 0 Å². The van der Waals surface area contributed by atoms with Gasteiger partial charge in [0.15, 0.2) is 0 Å². The van der Waals surface area contributed by atoms with Crippen molar-refractivity contribution in [2.24, 2.45) is 5.73 Å². The Morgan fingerprint density at radius 1 is 1.27 bits per heavy atom. The molecule has 22 heavy (non-hydrogen) atoms. The maximum absolute atomic E-state index is 9.85. The second-order valence-corrected chi connectivity index (χ2v) is 5.70. The number of hydrogen-bond donors (Lipinski definition) is 3. The highest BCUT2D eigenvalue weighted by atomic mass is 35.5. The minimum Gasteiger partial charge on any atom is -0.481 e. The molecule has 4 N–H and O–H groups in total. The predicted octanol–water partition coefficient (Wildman–Crippen LogP) is 1.24. The molecule has 6 nitrogen and oxygen atoms in total. The first kappa shape index (κ1) is 18.4. The number of likely N-dealkylation sites (N-methyl/N-ethyl adjacent to an activating group) is 1. The molecule has 0 saturated heterocycles. The van der Waals surface area contributed by atoms with E-state index in [0.29, 0.717) is 0 Å². The van der Waals surface area contributed by atoms with Crippen molar-refractivity contribution in [2.45, 2.75) is 25.3 Å². The molecule has 0 aromatic heterocycles. The Morgan fingerprint density at radius 2 is 1.86 bits per heavy atom. The highest BCUT2D eigenvalue weighted by Gasteiger charge is 2.14. The van der Waals surface area contributed by atoms with Crippen molar-refractivity contribution in [2.75, 3.05) is 20.1 Å². The lowest BCUT2D eigenvalue weighted by Gasteiger charge is -2.10. The van der Waals surface area contributed by atoms with Crippen molar-refractivity contribution in [3.63, 3.8) is 0 Å². The number of hydrogen-bond acceptors (Lipinski definition) is 4. The minimum atomic E-state index is -1.29. The summed E-state index contributed by atoms with van der Waals surface area (Å²) in [7, 11) is 2.17. The maximum atomic E-state index is 9.85. The predicted molar refractivity (Wildman–Crippen MR) is 84.2 cm³/mol. The van der Waals surface area contributed by atoms with E-state index in [1.807, 2.05) is 6.07 Å². The van der Waals surface area contributed by atoms with E-state index >= 15 is 0 Å². The SMILES string of the molecule is CN1CCc2ccc(Cl)cc2CC1.N[C@@H](CC(=O)O)C(=O)O. The Balaban J connectivity index is 0.000000239. The number of halogens is 1. The number of fused-ring (bicyclic) bond motifs is 1. The first-order valence-corrected chi connectivity index (χ1v) is 7.33. The number of aliphatic carboxylic acids is 2. The van der Waals surface area contributed by atoms with Gasteiger partial charge >= 0.3 is 11.9 Å². The number of carboxylic acids is 2. The number of nitrogens with zero attached hydrogens (tertiary/aromatic N) is 1. The first-order chi connectivity index (χ1) is 10.3. The zero-order valence-electron chi connectivity index (χ0n) is 12.5. The molecular weight excluding hydrogens is 308 g/mol. The van der Waals surface area contributed by atoms with E-state index in [9.17, 15) is 9.59 Å². The van der Waals surface area contributed by atoms with Crippen LogP contribution in [0.3, 0.4) is 0 Å². The molecule has 1 aliphatic rings. The molecule has 1 aromatic rings.